The van der Waals surface area contributed by atoms with E-state index in [1.807, 2.05) is 6.92 Å². The minimum absolute atomic E-state index is 0.0416. The van der Waals surface area contributed by atoms with Gasteiger partial charge in [-0.3, -0.25) is 14.4 Å². The van der Waals surface area contributed by atoms with Gasteiger partial charge in [-0.05, 0) is 6.42 Å². The average molecular weight is 257 g/mol. The third-order valence-electron chi connectivity index (χ3n) is 2.62. The van der Waals surface area contributed by atoms with Gasteiger partial charge >= 0.3 is 0 Å². The third-order valence-corrected chi connectivity index (χ3v) is 2.62. The highest BCUT2D eigenvalue weighted by Gasteiger charge is 2.30. The summed E-state index contributed by atoms with van der Waals surface area (Å²) < 4.78 is 0. The summed E-state index contributed by atoms with van der Waals surface area (Å²) >= 11 is 0. The van der Waals surface area contributed by atoms with E-state index in [-0.39, 0.29) is 50.5 Å². The van der Waals surface area contributed by atoms with Crippen molar-refractivity contribution in [1.82, 2.24) is 15.1 Å². The number of nitrogens with zero attached hydrogens (tertiary/aromatic N) is 2. The Labute approximate surface area is 106 Å². The first-order valence-electron chi connectivity index (χ1n) is 6.01. The second kappa shape index (κ2) is 6.95. The Morgan fingerprint density at radius 1 is 1.28 bits per heavy atom. The molecule has 0 saturated carbocycles. The van der Waals surface area contributed by atoms with E-state index in [1.165, 1.54) is 9.80 Å². The summed E-state index contributed by atoms with van der Waals surface area (Å²) in [7, 11) is 0. The molecule has 0 aliphatic carbocycles. The van der Waals surface area contributed by atoms with E-state index in [0.29, 0.717) is 6.54 Å². The van der Waals surface area contributed by atoms with Crippen molar-refractivity contribution < 1.29 is 19.5 Å². The molecule has 1 aliphatic rings. The van der Waals surface area contributed by atoms with Crippen LogP contribution in [0.1, 0.15) is 13.3 Å². The molecular weight excluding hydrogens is 238 g/mol. The van der Waals surface area contributed by atoms with Gasteiger partial charge in [-0.2, -0.15) is 0 Å². The van der Waals surface area contributed by atoms with Crippen LogP contribution in [-0.2, 0) is 14.4 Å². The lowest BCUT2D eigenvalue weighted by atomic mass is 10.2. The van der Waals surface area contributed by atoms with Gasteiger partial charge in [0.1, 0.15) is 13.1 Å². The average Bonchev–Trinajstić information content (AvgIpc) is 2.33. The number of carbonyl (C=O) groups is 3. The van der Waals surface area contributed by atoms with Gasteiger partial charge in [0.15, 0.2) is 0 Å². The molecular formula is C11H19N3O4. The molecule has 2 N–H and O–H groups in total. The quantitative estimate of drug-likeness (QED) is 0.586. The first-order valence-corrected chi connectivity index (χ1v) is 6.01. The molecule has 0 radical (unpaired) electrons. The Balaban J connectivity index is 2.47. The van der Waals surface area contributed by atoms with Crippen molar-refractivity contribution >= 4 is 17.7 Å². The number of nitrogens with one attached hydrogen (secondary N) is 1. The molecule has 18 heavy (non-hydrogen) atoms. The Morgan fingerprint density at radius 3 is 2.50 bits per heavy atom. The van der Waals surface area contributed by atoms with E-state index in [2.05, 4.69) is 5.32 Å². The van der Waals surface area contributed by atoms with Gasteiger partial charge in [-0.25, -0.2) is 0 Å². The molecule has 1 saturated heterocycles. The first-order chi connectivity index (χ1) is 8.58. The van der Waals surface area contributed by atoms with Crippen LogP contribution in [-0.4, -0.2) is 72.0 Å². The van der Waals surface area contributed by atoms with Gasteiger partial charge in [-0.1, -0.05) is 6.92 Å². The highest BCUT2D eigenvalue weighted by Crippen LogP contribution is 2.05. The standard InChI is InChI=1S/C11H19N3O4/c1-2-4-13-7-11(18)14(8-10(13)17)6-9(16)12-3-5-15/h15H,2-8H2,1H3,(H,12,16). The molecule has 102 valence electrons. The minimum Gasteiger partial charge on any atom is -0.395 e. The van der Waals surface area contributed by atoms with Gasteiger partial charge < -0.3 is 20.2 Å². The van der Waals surface area contributed by atoms with Crippen LogP contribution >= 0.6 is 0 Å². The van der Waals surface area contributed by atoms with Crippen LogP contribution in [0.4, 0.5) is 0 Å². The number of amides is 3. The van der Waals surface area contributed by atoms with E-state index in [4.69, 9.17) is 5.11 Å². The molecule has 7 nitrogen and oxygen atoms in total. The number of hydrogen-bond donors (Lipinski definition) is 2. The van der Waals surface area contributed by atoms with Crippen molar-refractivity contribution in [3.8, 4) is 0 Å². The highest BCUT2D eigenvalue weighted by molar-refractivity contribution is 5.94. The second-order valence-electron chi connectivity index (χ2n) is 4.14. The predicted octanol–water partition coefficient (Wildman–Crippen LogP) is -1.82. The maximum absolute atomic E-state index is 11.7. The van der Waals surface area contributed by atoms with Crippen molar-refractivity contribution in [3.63, 3.8) is 0 Å². The number of rotatable bonds is 6. The fraction of sp³-hybridized carbons (Fsp3) is 0.727. The van der Waals surface area contributed by atoms with E-state index >= 15 is 0 Å². The maximum Gasteiger partial charge on any atom is 0.243 e. The molecule has 0 aromatic rings. The van der Waals surface area contributed by atoms with Crippen molar-refractivity contribution in [1.29, 1.82) is 0 Å². The smallest absolute Gasteiger partial charge is 0.243 e. The molecule has 1 rings (SSSR count). The van der Waals surface area contributed by atoms with Crippen LogP contribution in [0.15, 0.2) is 0 Å². The molecule has 0 aromatic carbocycles. The summed E-state index contributed by atoms with van der Waals surface area (Å²) in [5.41, 5.74) is 0. The van der Waals surface area contributed by atoms with Gasteiger partial charge in [0.2, 0.25) is 17.7 Å². The van der Waals surface area contributed by atoms with Crippen LogP contribution in [0, 0.1) is 0 Å². The topological polar surface area (TPSA) is 90.0 Å². The van der Waals surface area contributed by atoms with Crippen molar-refractivity contribution in [2.24, 2.45) is 0 Å². The molecule has 1 aliphatic heterocycles. The van der Waals surface area contributed by atoms with Crippen molar-refractivity contribution in [2.45, 2.75) is 13.3 Å². The van der Waals surface area contributed by atoms with Gasteiger partial charge in [0.25, 0.3) is 0 Å². The van der Waals surface area contributed by atoms with E-state index < -0.39 is 0 Å². The van der Waals surface area contributed by atoms with Crippen LogP contribution in [0.2, 0.25) is 0 Å². The summed E-state index contributed by atoms with van der Waals surface area (Å²) in [5.74, 6) is -0.720. The number of aliphatic hydroxyl groups is 1. The monoisotopic (exact) mass is 257 g/mol. The molecule has 1 fully saturated rings. The van der Waals surface area contributed by atoms with Gasteiger partial charge in [0.05, 0.1) is 13.2 Å². The Morgan fingerprint density at radius 2 is 1.89 bits per heavy atom. The van der Waals surface area contributed by atoms with Crippen LogP contribution < -0.4 is 5.32 Å². The lowest BCUT2D eigenvalue weighted by Crippen LogP contribution is -2.56. The SMILES string of the molecule is CCCN1CC(=O)N(CC(=O)NCCO)CC1=O. The summed E-state index contributed by atoms with van der Waals surface area (Å²) in [5, 5.41) is 11.0. The van der Waals surface area contributed by atoms with E-state index in [9.17, 15) is 14.4 Å². The van der Waals surface area contributed by atoms with Crippen LogP contribution in [0.3, 0.4) is 0 Å². The largest absolute Gasteiger partial charge is 0.395 e. The maximum atomic E-state index is 11.7. The molecule has 0 aromatic heterocycles. The van der Waals surface area contributed by atoms with Gasteiger partial charge in [0, 0.05) is 13.1 Å². The molecule has 3 amide bonds. The second-order valence-corrected chi connectivity index (χ2v) is 4.14. The third kappa shape index (κ3) is 3.99. The molecule has 0 bridgehead atoms. The lowest BCUT2D eigenvalue weighted by molar-refractivity contribution is -0.151. The minimum atomic E-state index is -0.367. The van der Waals surface area contributed by atoms with Crippen molar-refractivity contribution in [3.05, 3.63) is 0 Å². The summed E-state index contributed by atoms with van der Waals surface area (Å²) in [6.07, 6.45) is 0.802. The number of hydrogen-bond acceptors (Lipinski definition) is 4. The zero-order valence-electron chi connectivity index (χ0n) is 10.5. The van der Waals surface area contributed by atoms with Crippen LogP contribution in [0.25, 0.3) is 0 Å². The molecule has 0 spiro atoms. The van der Waals surface area contributed by atoms with Crippen LogP contribution in [0.5, 0.6) is 0 Å². The van der Waals surface area contributed by atoms with E-state index in [1.54, 1.807) is 0 Å². The fourth-order valence-corrected chi connectivity index (χ4v) is 1.75. The first kappa shape index (κ1) is 14.4. The normalized spacial score (nSPS) is 16.1. The number of piperazine rings is 1. The Bertz CT molecular complexity index is 330. The molecule has 7 heteroatoms. The summed E-state index contributed by atoms with van der Waals surface area (Å²) in [4.78, 5) is 37.6. The molecule has 0 unspecified atom stereocenters. The molecule has 1 heterocycles. The van der Waals surface area contributed by atoms with E-state index in [0.717, 1.165) is 6.42 Å². The highest BCUT2D eigenvalue weighted by atomic mass is 16.3. The summed E-state index contributed by atoms with van der Waals surface area (Å²) in [6.45, 7) is 2.36. The van der Waals surface area contributed by atoms with Gasteiger partial charge in [-0.15, -0.1) is 0 Å². The summed E-state index contributed by atoms with van der Waals surface area (Å²) in [6, 6.07) is 0. The Kier molecular flexibility index (Phi) is 5.57. The lowest BCUT2D eigenvalue weighted by Gasteiger charge is -2.33. The number of aliphatic hydroxyl groups excluding tert-OH is 1. The zero-order chi connectivity index (χ0) is 13.5. The Hall–Kier alpha value is -1.63. The van der Waals surface area contributed by atoms with Crippen molar-refractivity contribution in [2.75, 3.05) is 39.3 Å². The number of carbonyl (C=O) groups excluding carboxylic acids is 3. The fourth-order valence-electron chi connectivity index (χ4n) is 1.75. The predicted molar refractivity (Wildman–Crippen MR) is 63.5 cm³/mol. The zero-order valence-corrected chi connectivity index (χ0v) is 10.5. The molecule has 0 atom stereocenters.